The van der Waals surface area contributed by atoms with E-state index in [-0.39, 0.29) is 24.8 Å². The van der Waals surface area contributed by atoms with Crippen molar-refractivity contribution in [2.24, 2.45) is 0 Å². The third-order valence-corrected chi connectivity index (χ3v) is 4.67. The third kappa shape index (κ3) is 5.68. The fourth-order valence-corrected chi connectivity index (χ4v) is 3.22. The van der Waals surface area contributed by atoms with Crippen LogP contribution >= 0.6 is 0 Å². The van der Waals surface area contributed by atoms with Gasteiger partial charge in [-0.1, -0.05) is 6.07 Å². The lowest BCUT2D eigenvalue weighted by atomic mass is 10.1. The Morgan fingerprint density at radius 1 is 1.14 bits per heavy atom. The van der Waals surface area contributed by atoms with Gasteiger partial charge in [0, 0.05) is 42.4 Å². The van der Waals surface area contributed by atoms with Crippen molar-refractivity contribution in [3.05, 3.63) is 47.3 Å². The lowest BCUT2D eigenvalue weighted by Crippen LogP contribution is -3.11. The molecule has 2 N–H and O–H groups in total. The largest absolute Gasteiger partial charge is 0.497 e. The minimum Gasteiger partial charge on any atom is -0.497 e. The summed E-state index contributed by atoms with van der Waals surface area (Å²) < 4.78 is 12.4. The van der Waals surface area contributed by atoms with Crippen molar-refractivity contribution in [2.45, 2.75) is 20.4 Å². The van der Waals surface area contributed by atoms with Crippen LogP contribution in [0.2, 0.25) is 0 Å². The van der Waals surface area contributed by atoms with E-state index in [9.17, 15) is 9.59 Å². The summed E-state index contributed by atoms with van der Waals surface area (Å²) in [6, 6.07) is 9.10. The van der Waals surface area contributed by atoms with Gasteiger partial charge in [-0.15, -0.1) is 0 Å². The highest BCUT2D eigenvalue weighted by Crippen LogP contribution is 2.16. The van der Waals surface area contributed by atoms with Gasteiger partial charge < -0.3 is 24.3 Å². The third-order valence-electron chi connectivity index (χ3n) is 4.67. The van der Waals surface area contributed by atoms with Crippen LogP contribution in [0.4, 0.5) is 5.69 Å². The molecule has 28 heavy (non-hydrogen) atoms. The van der Waals surface area contributed by atoms with Gasteiger partial charge in [0.25, 0.3) is 5.91 Å². The van der Waals surface area contributed by atoms with Gasteiger partial charge in [-0.25, -0.2) is 0 Å². The maximum atomic E-state index is 12.7. The average Bonchev–Trinajstić information content (AvgIpc) is 2.93. The first-order valence-corrected chi connectivity index (χ1v) is 9.29. The topological polar surface area (TPSA) is 74.0 Å². The number of methoxy groups -OCH3 is 2. The number of carbonyl (C=O) groups excluding carboxylic acids is 2. The van der Waals surface area contributed by atoms with Crippen LogP contribution in [-0.2, 0) is 16.1 Å². The van der Waals surface area contributed by atoms with E-state index in [1.165, 1.54) is 0 Å². The summed E-state index contributed by atoms with van der Waals surface area (Å²) in [5, 5.41) is 2.84. The van der Waals surface area contributed by atoms with Crippen molar-refractivity contribution in [3.63, 3.8) is 0 Å². The lowest BCUT2D eigenvalue weighted by molar-refractivity contribution is -0.861. The molecule has 0 saturated heterocycles. The molecular weight excluding hydrogens is 358 g/mol. The van der Waals surface area contributed by atoms with Gasteiger partial charge in [-0.2, -0.15) is 0 Å². The molecule has 7 heteroatoms. The first-order chi connectivity index (χ1) is 13.3. The van der Waals surface area contributed by atoms with Gasteiger partial charge in [-0.3, -0.25) is 9.59 Å². The van der Waals surface area contributed by atoms with Crippen LogP contribution in [0.5, 0.6) is 5.75 Å². The number of nitrogens with zero attached hydrogens (tertiary/aromatic N) is 1. The molecule has 0 aliphatic heterocycles. The number of hydrogen-bond donors (Lipinski definition) is 2. The first kappa shape index (κ1) is 21.7. The van der Waals surface area contributed by atoms with Gasteiger partial charge in [0.05, 0.1) is 20.8 Å². The molecule has 0 aliphatic carbocycles. The Kier molecular flexibility index (Phi) is 7.78. The Labute approximate surface area is 166 Å². The molecule has 2 aromatic rings. The molecule has 1 unspecified atom stereocenters. The van der Waals surface area contributed by atoms with Gasteiger partial charge in [0.15, 0.2) is 6.54 Å². The van der Waals surface area contributed by atoms with Crippen LogP contribution in [0, 0.1) is 13.8 Å². The number of benzene rings is 1. The summed E-state index contributed by atoms with van der Waals surface area (Å²) in [5.74, 6) is 0.560. The summed E-state index contributed by atoms with van der Waals surface area (Å²) in [4.78, 5) is 25.8. The van der Waals surface area contributed by atoms with Gasteiger partial charge in [0.1, 0.15) is 12.3 Å². The van der Waals surface area contributed by atoms with E-state index in [4.69, 9.17) is 9.47 Å². The molecular formula is C21H30N3O4+. The summed E-state index contributed by atoms with van der Waals surface area (Å²) >= 11 is 0. The minimum atomic E-state index is -0.149. The number of quaternary nitrogens is 1. The van der Waals surface area contributed by atoms with Crippen LogP contribution in [0.1, 0.15) is 21.7 Å². The average molecular weight is 388 g/mol. The molecule has 0 saturated carbocycles. The number of hydrogen-bond acceptors (Lipinski definition) is 4. The summed E-state index contributed by atoms with van der Waals surface area (Å²) in [6.45, 7) is 5.69. The van der Waals surface area contributed by atoms with E-state index in [2.05, 4.69) is 9.88 Å². The number of carbonyl (C=O) groups is 2. The monoisotopic (exact) mass is 388 g/mol. The second kappa shape index (κ2) is 10.1. The second-order valence-corrected chi connectivity index (χ2v) is 6.94. The molecule has 1 atom stereocenters. The number of aryl methyl sites for hydroxylation is 1. The number of anilines is 1. The normalized spacial score (nSPS) is 11.9. The Morgan fingerprint density at radius 2 is 1.89 bits per heavy atom. The maximum Gasteiger partial charge on any atom is 0.279 e. The predicted molar refractivity (Wildman–Crippen MR) is 108 cm³/mol. The summed E-state index contributed by atoms with van der Waals surface area (Å²) in [6.07, 6.45) is 0. The number of aromatic nitrogens is 1. The number of ether oxygens (including phenoxy) is 2. The standard InChI is InChI=1S/C21H29N3O4/c1-15-11-19(16(2)24(15)9-10-27-4)20(25)13-23(3)14-21(26)22-17-7-6-8-18(12-17)28-5/h6-8,11-12H,9-10,13-14H2,1-5H3,(H,22,26)/p+1. The number of ketones is 1. The Hall–Kier alpha value is -2.64. The highest BCUT2D eigenvalue weighted by atomic mass is 16.5. The SMILES string of the molecule is COCCn1c(C)cc(C(=O)C[NH+](C)CC(=O)Nc2cccc(OC)c2)c1C. The number of amides is 1. The van der Waals surface area contributed by atoms with Crippen LogP contribution in [0.15, 0.2) is 30.3 Å². The van der Waals surface area contributed by atoms with Crippen molar-refractivity contribution in [1.29, 1.82) is 0 Å². The van der Waals surface area contributed by atoms with E-state index in [0.717, 1.165) is 16.3 Å². The molecule has 0 aliphatic rings. The summed E-state index contributed by atoms with van der Waals surface area (Å²) in [5.41, 5.74) is 3.35. The molecule has 1 heterocycles. The Bertz CT molecular complexity index is 829. The Balaban J connectivity index is 1.94. The van der Waals surface area contributed by atoms with Crippen molar-refractivity contribution < 1.29 is 24.0 Å². The van der Waals surface area contributed by atoms with E-state index in [1.54, 1.807) is 26.4 Å². The van der Waals surface area contributed by atoms with Crippen LogP contribution in [0.3, 0.4) is 0 Å². The van der Waals surface area contributed by atoms with Gasteiger partial charge in [0.2, 0.25) is 5.78 Å². The van der Waals surface area contributed by atoms with E-state index < -0.39 is 0 Å². The second-order valence-electron chi connectivity index (χ2n) is 6.94. The Morgan fingerprint density at radius 3 is 2.57 bits per heavy atom. The van der Waals surface area contributed by atoms with Gasteiger partial charge in [-0.05, 0) is 32.0 Å². The number of Topliss-reactive ketones (excluding diaryl/α,β-unsaturated/α-hetero) is 1. The molecule has 1 aromatic heterocycles. The quantitative estimate of drug-likeness (QED) is 0.598. The van der Waals surface area contributed by atoms with Crippen LogP contribution in [0.25, 0.3) is 0 Å². The zero-order valence-electron chi connectivity index (χ0n) is 17.3. The number of rotatable bonds is 10. The summed E-state index contributed by atoms with van der Waals surface area (Å²) in [7, 11) is 5.08. The van der Waals surface area contributed by atoms with Crippen molar-refractivity contribution in [1.82, 2.24) is 4.57 Å². The molecule has 0 fully saturated rings. The zero-order chi connectivity index (χ0) is 20.7. The van der Waals surface area contributed by atoms with Crippen LogP contribution < -0.4 is 15.0 Å². The van der Waals surface area contributed by atoms with Crippen molar-refractivity contribution in [3.8, 4) is 5.75 Å². The molecule has 1 amide bonds. The lowest BCUT2D eigenvalue weighted by Gasteiger charge is -2.14. The number of nitrogens with one attached hydrogen (secondary N) is 2. The number of likely N-dealkylation sites (N-methyl/N-ethyl adjacent to an activating group) is 1. The predicted octanol–water partition coefficient (Wildman–Crippen LogP) is 1.10. The zero-order valence-corrected chi connectivity index (χ0v) is 17.3. The smallest absolute Gasteiger partial charge is 0.279 e. The van der Waals surface area contributed by atoms with Gasteiger partial charge >= 0.3 is 0 Å². The molecule has 1 aromatic carbocycles. The first-order valence-electron chi connectivity index (χ1n) is 9.29. The van der Waals surface area contributed by atoms with E-state index in [0.29, 0.717) is 30.2 Å². The highest BCUT2D eigenvalue weighted by Gasteiger charge is 2.20. The van der Waals surface area contributed by atoms with Crippen molar-refractivity contribution in [2.75, 3.05) is 46.3 Å². The molecule has 0 bridgehead atoms. The fourth-order valence-electron chi connectivity index (χ4n) is 3.22. The van der Waals surface area contributed by atoms with Crippen LogP contribution in [-0.4, -0.2) is 57.2 Å². The maximum absolute atomic E-state index is 12.7. The molecule has 0 radical (unpaired) electrons. The van der Waals surface area contributed by atoms with E-state index in [1.807, 2.05) is 39.1 Å². The molecule has 0 spiro atoms. The van der Waals surface area contributed by atoms with Crippen molar-refractivity contribution >= 4 is 17.4 Å². The van der Waals surface area contributed by atoms with E-state index >= 15 is 0 Å². The fraction of sp³-hybridized carbons (Fsp3) is 0.429. The minimum absolute atomic E-state index is 0.0310. The molecule has 152 valence electrons. The highest BCUT2D eigenvalue weighted by molar-refractivity contribution is 5.98. The molecule has 7 nitrogen and oxygen atoms in total. The molecule has 2 rings (SSSR count).